The van der Waals surface area contributed by atoms with Crippen molar-refractivity contribution in [2.45, 2.75) is 39.7 Å². The Hall–Kier alpha value is -1.31. The molecule has 1 rings (SSSR count). The van der Waals surface area contributed by atoms with E-state index in [9.17, 15) is 4.79 Å². The molecule has 1 amide bonds. The normalized spacial score (nSPS) is 14.2. The van der Waals surface area contributed by atoms with E-state index < -0.39 is 5.41 Å². The number of carbonyl (C=O) groups is 1. The molecule has 5 nitrogen and oxygen atoms in total. The van der Waals surface area contributed by atoms with Crippen LogP contribution in [0.3, 0.4) is 0 Å². The Morgan fingerprint density at radius 1 is 1.21 bits per heavy atom. The van der Waals surface area contributed by atoms with Crippen molar-refractivity contribution in [2.75, 3.05) is 20.6 Å². The molecule has 0 bridgehead atoms. The third-order valence-corrected chi connectivity index (χ3v) is 4.20. The molecule has 1 aromatic carbocycles. The lowest BCUT2D eigenvalue weighted by molar-refractivity contribution is -0.128. The van der Waals surface area contributed by atoms with Gasteiger partial charge in [0.2, 0.25) is 5.91 Å². The number of nitrogens with zero attached hydrogens (tertiary/aromatic N) is 1. The molecule has 6 heteroatoms. The minimum atomic E-state index is -0.499. The molecule has 0 radical (unpaired) electrons. The standard InChI is InChI=1S/C18H30N4O.HI/c1-13(15-10-8-7-9-11-15)14(2)22-17(20-6)21-12-18(3,4)16(23)19-5;/h7-11,13-14H,12H2,1-6H3,(H,19,23)(H2,20,21,22);1H. The Bertz CT molecular complexity index is 531. The van der Waals surface area contributed by atoms with Crippen molar-refractivity contribution in [2.24, 2.45) is 10.4 Å². The lowest BCUT2D eigenvalue weighted by Gasteiger charge is -2.27. The van der Waals surface area contributed by atoms with Crippen LogP contribution in [-0.2, 0) is 4.79 Å². The van der Waals surface area contributed by atoms with E-state index in [1.54, 1.807) is 14.1 Å². The summed E-state index contributed by atoms with van der Waals surface area (Å²) in [6.07, 6.45) is 0. The number of carbonyl (C=O) groups excluding carboxylic acids is 1. The molecule has 0 saturated heterocycles. The fourth-order valence-electron chi connectivity index (χ4n) is 2.30. The molecule has 136 valence electrons. The molecule has 0 saturated carbocycles. The summed E-state index contributed by atoms with van der Waals surface area (Å²) in [5.41, 5.74) is 0.786. The molecule has 0 aliphatic rings. The number of rotatable bonds is 6. The third-order valence-electron chi connectivity index (χ3n) is 4.20. The monoisotopic (exact) mass is 446 g/mol. The van der Waals surface area contributed by atoms with Crippen molar-refractivity contribution in [3.8, 4) is 0 Å². The predicted molar refractivity (Wildman–Crippen MR) is 112 cm³/mol. The first-order valence-electron chi connectivity index (χ1n) is 8.06. The Morgan fingerprint density at radius 3 is 2.29 bits per heavy atom. The number of benzene rings is 1. The topological polar surface area (TPSA) is 65.5 Å². The molecule has 24 heavy (non-hydrogen) atoms. The maximum absolute atomic E-state index is 11.8. The maximum atomic E-state index is 11.8. The first-order valence-corrected chi connectivity index (χ1v) is 8.06. The van der Waals surface area contributed by atoms with E-state index >= 15 is 0 Å². The van der Waals surface area contributed by atoms with Gasteiger partial charge in [-0.2, -0.15) is 0 Å². The van der Waals surface area contributed by atoms with Crippen molar-refractivity contribution in [3.05, 3.63) is 35.9 Å². The van der Waals surface area contributed by atoms with Crippen LogP contribution in [0.2, 0.25) is 0 Å². The molecule has 3 N–H and O–H groups in total. The number of hydrogen-bond donors (Lipinski definition) is 3. The molecule has 0 fully saturated rings. The van der Waals surface area contributed by atoms with Gasteiger partial charge < -0.3 is 16.0 Å². The van der Waals surface area contributed by atoms with E-state index in [-0.39, 0.29) is 35.9 Å². The van der Waals surface area contributed by atoms with Gasteiger partial charge in [-0.25, -0.2) is 0 Å². The first-order chi connectivity index (χ1) is 10.8. The summed E-state index contributed by atoms with van der Waals surface area (Å²) in [5, 5.41) is 9.33. The van der Waals surface area contributed by atoms with Crippen LogP contribution in [-0.4, -0.2) is 38.5 Å². The summed E-state index contributed by atoms with van der Waals surface area (Å²) >= 11 is 0. The number of nitrogens with one attached hydrogen (secondary N) is 3. The van der Waals surface area contributed by atoms with E-state index in [1.807, 2.05) is 19.9 Å². The summed E-state index contributed by atoms with van der Waals surface area (Å²) in [4.78, 5) is 16.1. The molecular formula is C18H31IN4O. The molecule has 0 aliphatic carbocycles. The molecule has 0 spiro atoms. The molecule has 0 aliphatic heterocycles. The van der Waals surface area contributed by atoms with Crippen LogP contribution in [0.5, 0.6) is 0 Å². The van der Waals surface area contributed by atoms with Crippen LogP contribution in [0, 0.1) is 5.41 Å². The SMILES string of the molecule is CN=C(NCC(C)(C)C(=O)NC)NC(C)C(C)c1ccccc1.I. The van der Waals surface area contributed by atoms with Gasteiger partial charge in [0.15, 0.2) is 5.96 Å². The second-order valence-corrected chi connectivity index (χ2v) is 6.52. The fraction of sp³-hybridized carbons (Fsp3) is 0.556. The zero-order valence-electron chi connectivity index (χ0n) is 15.5. The van der Waals surface area contributed by atoms with Crippen molar-refractivity contribution < 1.29 is 4.79 Å². The minimum Gasteiger partial charge on any atom is -0.359 e. The van der Waals surface area contributed by atoms with Gasteiger partial charge in [-0.05, 0) is 26.3 Å². The van der Waals surface area contributed by atoms with Gasteiger partial charge in [0.1, 0.15) is 0 Å². The van der Waals surface area contributed by atoms with Gasteiger partial charge in [0.05, 0.1) is 5.41 Å². The molecule has 0 aromatic heterocycles. The van der Waals surface area contributed by atoms with E-state index in [0.717, 1.165) is 0 Å². The summed E-state index contributed by atoms with van der Waals surface area (Å²) < 4.78 is 0. The average Bonchev–Trinajstić information content (AvgIpc) is 2.57. The van der Waals surface area contributed by atoms with E-state index in [4.69, 9.17) is 0 Å². The first kappa shape index (κ1) is 22.7. The Morgan fingerprint density at radius 2 is 1.79 bits per heavy atom. The summed E-state index contributed by atoms with van der Waals surface area (Å²) in [7, 11) is 3.39. The van der Waals surface area contributed by atoms with Crippen molar-refractivity contribution in [1.29, 1.82) is 0 Å². The van der Waals surface area contributed by atoms with Gasteiger partial charge in [0.25, 0.3) is 0 Å². The Kier molecular flexibility index (Phi) is 9.96. The number of hydrogen-bond acceptors (Lipinski definition) is 2. The fourth-order valence-corrected chi connectivity index (χ4v) is 2.30. The van der Waals surface area contributed by atoms with Crippen molar-refractivity contribution >= 4 is 35.8 Å². The molecule has 2 unspecified atom stereocenters. The smallest absolute Gasteiger partial charge is 0.227 e. The van der Waals surface area contributed by atoms with Crippen molar-refractivity contribution in [3.63, 3.8) is 0 Å². The average molecular weight is 446 g/mol. The Balaban J connectivity index is 0.00000529. The molecular weight excluding hydrogens is 415 g/mol. The van der Waals surface area contributed by atoms with Crippen molar-refractivity contribution in [1.82, 2.24) is 16.0 Å². The summed E-state index contributed by atoms with van der Waals surface area (Å²) in [6, 6.07) is 10.6. The van der Waals surface area contributed by atoms with E-state index in [0.29, 0.717) is 18.4 Å². The molecule has 0 heterocycles. The predicted octanol–water partition coefficient (Wildman–Crippen LogP) is 2.73. The van der Waals surface area contributed by atoms with Gasteiger partial charge in [-0.15, -0.1) is 24.0 Å². The van der Waals surface area contributed by atoms with Crippen LogP contribution in [0.1, 0.15) is 39.2 Å². The lowest BCUT2D eigenvalue weighted by atomic mass is 9.92. The van der Waals surface area contributed by atoms with Gasteiger partial charge in [-0.3, -0.25) is 9.79 Å². The van der Waals surface area contributed by atoms with Crippen LogP contribution in [0.15, 0.2) is 35.3 Å². The number of guanidine groups is 1. The Labute approximate surface area is 163 Å². The van der Waals surface area contributed by atoms with E-state index in [2.05, 4.69) is 59.1 Å². The van der Waals surface area contributed by atoms with E-state index in [1.165, 1.54) is 5.56 Å². The van der Waals surface area contributed by atoms with Gasteiger partial charge >= 0.3 is 0 Å². The third kappa shape index (κ3) is 6.67. The summed E-state index contributed by atoms with van der Waals surface area (Å²) in [5.74, 6) is 1.06. The van der Waals surface area contributed by atoms with Crippen LogP contribution >= 0.6 is 24.0 Å². The highest BCUT2D eigenvalue weighted by Gasteiger charge is 2.27. The van der Waals surface area contributed by atoms with Crippen LogP contribution in [0.4, 0.5) is 0 Å². The highest BCUT2D eigenvalue weighted by molar-refractivity contribution is 14.0. The highest BCUT2D eigenvalue weighted by Crippen LogP contribution is 2.18. The minimum absolute atomic E-state index is 0. The highest BCUT2D eigenvalue weighted by atomic mass is 127. The van der Waals surface area contributed by atoms with Crippen LogP contribution < -0.4 is 16.0 Å². The van der Waals surface area contributed by atoms with Gasteiger partial charge in [0, 0.05) is 32.6 Å². The maximum Gasteiger partial charge on any atom is 0.227 e. The molecule has 2 atom stereocenters. The van der Waals surface area contributed by atoms with Gasteiger partial charge in [-0.1, -0.05) is 37.3 Å². The quantitative estimate of drug-likeness (QED) is 0.358. The number of aliphatic imine (C=N–C) groups is 1. The van der Waals surface area contributed by atoms with Crippen LogP contribution in [0.25, 0.3) is 0 Å². The summed E-state index contributed by atoms with van der Waals surface area (Å²) in [6.45, 7) is 8.65. The molecule has 1 aromatic rings. The zero-order valence-corrected chi connectivity index (χ0v) is 17.8. The second-order valence-electron chi connectivity index (χ2n) is 6.52. The number of amides is 1. The lowest BCUT2D eigenvalue weighted by Crippen LogP contribution is -2.49. The zero-order chi connectivity index (χ0) is 17.5. The number of halogens is 1. The largest absolute Gasteiger partial charge is 0.359 e. The second kappa shape index (κ2) is 10.5.